The normalized spacial score (nSPS) is 12.4. The van der Waals surface area contributed by atoms with Gasteiger partial charge in [-0.1, -0.05) is 30.3 Å². The number of hydrogen-bond acceptors (Lipinski definition) is 5. The highest BCUT2D eigenvalue weighted by Gasteiger charge is 2.21. The van der Waals surface area contributed by atoms with Gasteiger partial charge in [0.05, 0.1) is 17.8 Å². The first-order valence-electron chi connectivity index (χ1n) is 8.99. The molecular formula is C21H22N2O5S. The largest absolute Gasteiger partial charge is 0.467 e. The van der Waals surface area contributed by atoms with Gasteiger partial charge < -0.3 is 14.5 Å². The van der Waals surface area contributed by atoms with Crippen LogP contribution in [0.25, 0.3) is 0 Å². The van der Waals surface area contributed by atoms with Crippen LogP contribution >= 0.6 is 0 Å². The fraction of sp³-hybridized carbons (Fsp3) is 0.190. The van der Waals surface area contributed by atoms with Crippen LogP contribution in [0.4, 0.5) is 0 Å². The summed E-state index contributed by atoms with van der Waals surface area (Å²) in [5.74, 6) is 0.262. The minimum atomic E-state index is -3.65. The van der Waals surface area contributed by atoms with E-state index in [-0.39, 0.29) is 24.0 Å². The molecule has 0 bridgehead atoms. The molecule has 1 atom stereocenters. The number of nitrogens with one attached hydrogen (secondary N) is 2. The van der Waals surface area contributed by atoms with Crippen molar-refractivity contribution in [3.8, 4) is 0 Å². The van der Waals surface area contributed by atoms with Gasteiger partial charge in [-0.3, -0.25) is 4.79 Å². The first-order chi connectivity index (χ1) is 14.0. The summed E-state index contributed by atoms with van der Waals surface area (Å²) in [5.41, 5.74) is 1.21. The Bertz CT molecular complexity index is 1020. The van der Waals surface area contributed by atoms with Gasteiger partial charge in [0.15, 0.2) is 0 Å². The van der Waals surface area contributed by atoms with Crippen molar-refractivity contribution in [3.05, 3.63) is 89.9 Å². The predicted molar refractivity (Wildman–Crippen MR) is 108 cm³/mol. The maximum Gasteiger partial charge on any atom is 0.252 e. The van der Waals surface area contributed by atoms with Crippen LogP contribution in [-0.2, 0) is 14.8 Å². The lowest BCUT2D eigenvalue weighted by molar-refractivity contribution is 0.0939. The zero-order valence-corrected chi connectivity index (χ0v) is 16.7. The monoisotopic (exact) mass is 414 g/mol. The molecule has 0 aliphatic carbocycles. The van der Waals surface area contributed by atoms with E-state index in [2.05, 4.69) is 10.0 Å². The number of carbonyl (C=O) groups is 1. The highest BCUT2D eigenvalue weighted by atomic mass is 32.2. The molecule has 1 amide bonds. The smallest absolute Gasteiger partial charge is 0.252 e. The van der Waals surface area contributed by atoms with Gasteiger partial charge in [-0.15, -0.1) is 0 Å². The number of hydrogen-bond donors (Lipinski definition) is 2. The Kier molecular flexibility index (Phi) is 6.82. The lowest BCUT2D eigenvalue weighted by Gasteiger charge is -2.17. The lowest BCUT2D eigenvalue weighted by atomic mass is 10.0. The fourth-order valence-electron chi connectivity index (χ4n) is 2.78. The molecule has 29 heavy (non-hydrogen) atoms. The number of rotatable bonds is 9. The van der Waals surface area contributed by atoms with Crippen molar-refractivity contribution in [3.63, 3.8) is 0 Å². The van der Waals surface area contributed by atoms with Crippen molar-refractivity contribution in [2.75, 3.05) is 20.3 Å². The Morgan fingerprint density at radius 2 is 1.76 bits per heavy atom. The third-order valence-electron chi connectivity index (χ3n) is 4.26. The zero-order valence-electron chi connectivity index (χ0n) is 15.9. The van der Waals surface area contributed by atoms with Gasteiger partial charge in [-0.2, -0.15) is 0 Å². The van der Waals surface area contributed by atoms with Crippen LogP contribution in [0.5, 0.6) is 0 Å². The van der Waals surface area contributed by atoms with Crippen LogP contribution in [0.1, 0.15) is 27.7 Å². The molecule has 0 saturated heterocycles. The fourth-order valence-corrected chi connectivity index (χ4v) is 3.79. The number of benzene rings is 2. The van der Waals surface area contributed by atoms with Gasteiger partial charge in [0.2, 0.25) is 10.0 Å². The van der Waals surface area contributed by atoms with Gasteiger partial charge in [0.25, 0.3) is 5.91 Å². The van der Waals surface area contributed by atoms with E-state index in [0.29, 0.717) is 11.3 Å². The van der Waals surface area contributed by atoms with Crippen molar-refractivity contribution in [2.24, 2.45) is 0 Å². The molecular weight excluding hydrogens is 392 g/mol. The summed E-state index contributed by atoms with van der Waals surface area (Å²) in [5, 5.41) is 2.94. The molecule has 2 aromatic carbocycles. The highest BCUT2D eigenvalue weighted by Crippen LogP contribution is 2.23. The van der Waals surface area contributed by atoms with Crippen molar-refractivity contribution in [1.29, 1.82) is 0 Å². The molecule has 0 aliphatic rings. The maximum atomic E-state index is 12.8. The first-order valence-corrected chi connectivity index (χ1v) is 10.5. The number of methoxy groups -OCH3 is 1. The molecule has 152 valence electrons. The van der Waals surface area contributed by atoms with E-state index in [4.69, 9.17) is 9.15 Å². The molecule has 1 aromatic heterocycles. The van der Waals surface area contributed by atoms with Crippen molar-refractivity contribution >= 4 is 15.9 Å². The predicted octanol–water partition coefficient (Wildman–Crippen LogP) is 2.72. The molecule has 3 aromatic rings. The molecule has 3 rings (SSSR count). The molecule has 0 fully saturated rings. The van der Waals surface area contributed by atoms with Crippen LogP contribution in [-0.4, -0.2) is 34.6 Å². The van der Waals surface area contributed by atoms with Crippen LogP contribution in [0, 0.1) is 0 Å². The molecule has 1 heterocycles. The molecule has 0 radical (unpaired) electrons. The summed E-state index contributed by atoms with van der Waals surface area (Å²) in [6.07, 6.45) is 1.55. The summed E-state index contributed by atoms with van der Waals surface area (Å²) >= 11 is 0. The van der Waals surface area contributed by atoms with E-state index in [1.54, 1.807) is 18.4 Å². The van der Waals surface area contributed by atoms with Crippen LogP contribution < -0.4 is 10.0 Å². The number of furan rings is 1. The van der Waals surface area contributed by atoms with E-state index in [1.807, 2.05) is 30.3 Å². The Hall–Kier alpha value is -2.94. The third-order valence-corrected chi connectivity index (χ3v) is 5.74. The van der Waals surface area contributed by atoms with E-state index in [9.17, 15) is 13.2 Å². The van der Waals surface area contributed by atoms with E-state index in [1.165, 1.54) is 31.4 Å². The SMILES string of the molecule is COCCNS(=O)(=O)c1ccc(C(=O)NC(c2ccccc2)c2ccco2)cc1. The quantitative estimate of drug-likeness (QED) is 0.525. The van der Waals surface area contributed by atoms with Crippen LogP contribution in [0.2, 0.25) is 0 Å². The Balaban J connectivity index is 1.76. The standard InChI is InChI=1S/C21H22N2O5S/c1-27-15-13-22-29(25,26)18-11-9-17(10-12-18)21(24)23-20(19-8-5-14-28-19)16-6-3-2-4-7-16/h2-12,14,20,22H,13,15H2,1H3,(H,23,24). The van der Waals surface area contributed by atoms with Crippen LogP contribution in [0.15, 0.2) is 82.3 Å². The number of sulfonamides is 1. The van der Waals surface area contributed by atoms with Gasteiger partial charge >= 0.3 is 0 Å². The average Bonchev–Trinajstić information content (AvgIpc) is 3.27. The van der Waals surface area contributed by atoms with E-state index in [0.717, 1.165) is 5.56 Å². The lowest BCUT2D eigenvalue weighted by Crippen LogP contribution is -2.29. The van der Waals surface area contributed by atoms with E-state index < -0.39 is 16.1 Å². The number of carbonyl (C=O) groups excluding carboxylic acids is 1. The summed E-state index contributed by atoms with van der Waals surface area (Å²) in [6, 6.07) is 18.3. The Morgan fingerprint density at radius 1 is 1.03 bits per heavy atom. The summed E-state index contributed by atoms with van der Waals surface area (Å²) in [6.45, 7) is 0.441. The van der Waals surface area contributed by atoms with Gasteiger partial charge in [0.1, 0.15) is 11.8 Å². The van der Waals surface area contributed by atoms with Crippen molar-refractivity contribution < 1.29 is 22.4 Å². The zero-order chi connectivity index (χ0) is 20.7. The Morgan fingerprint density at radius 3 is 2.38 bits per heavy atom. The summed E-state index contributed by atoms with van der Waals surface area (Å²) < 4.78 is 37.2. The van der Waals surface area contributed by atoms with Crippen molar-refractivity contribution in [1.82, 2.24) is 10.0 Å². The first kappa shape index (κ1) is 20.8. The Labute approximate surface area is 169 Å². The molecule has 0 spiro atoms. The van der Waals surface area contributed by atoms with Crippen molar-refractivity contribution in [2.45, 2.75) is 10.9 Å². The summed E-state index contributed by atoms with van der Waals surface area (Å²) in [7, 11) is -2.16. The molecule has 2 N–H and O–H groups in total. The molecule has 1 unspecified atom stereocenters. The van der Waals surface area contributed by atoms with E-state index >= 15 is 0 Å². The average molecular weight is 414 g/mol. The summed E-state index contributed by atoms with van der Waals surface area (Å²) in [4.78, 5) is 12.8. The van der Waals surface area contributed by atoms with Gasteiger partial charge in [-0.25, -0.2) is 13.1 Å². The second-order valence-electron chi connectivity index (χ2n) is 6.25. The molecule has 0 saturated carbocycles. The second kappa shape index (κ2) is 9.51. The maximum absolute atomic E-state index is 12.8. The number of amides is 1. The minimum absolute atomic E-state index is 0.0794. The topological polar surface area (TPSA) is 97.6 Å². The molecule has 8 heteroatoms. The minimum Gasteiger partial charge on any atom is -0.467 e. The number of ether oxygens (including phenoxy) is 1. The second-order valence-corrected chi connectivity index (χ2v) is 8.01. The highest BCUT2D eigenvalue weighted by molar-refractivity contribution is 7.89. The van der Waals surface area contributed by atoms with Crippen LogP contribution in [0.3, 0.4) is 0 Å². The molecule has 0 aliphatic heterocycles. The third kappa shape index (κ3) is 5.32. The van der Waals surface area contributed by atoms with Gasteiger partial charge in [-0.05, 0) is 42.0 Å². The van der Waals surface area contributed by atoms with Gasteiger partial charge in [0, 0.05) is 19.2 Å². The molecule has 7 nitrogen and oxygen atoms in total.